The Morgan fingerprint density at radius 1 is 1.08 bits per heavy atom. The molecule has 0 spiro atoms. The van der Waals surface area contributed by atoms with E-state index in [1.165, 1.54) is 0 Å². The fourth-order valence-corrected chi connectivity index (χ4v) is 6.95. The number of H-pyrrole nitrogens is 1. The Balaban J connectivity index is 1.17. The third-order valence-corrected chi connectivity index (χ3v) is 9.98. The molecule has 0 saturated carbocycles. The van der Waals surface area contributed by atoms with Crippen LogP contribution in [0.15, 0.2) is 83.5 Å². The molecule has 0 unspecified atom stereocenters. The number of fused-ring (bicyclic) bond motifs is 2. The summed E-state index contributed by atoms with van der Waals surface area (Å²) in [6, 6.07) is 18.8. The molecule has 3 aromatic carbocycles. The number of benzene rings is 3. The summed E-state index contributed by atoms with van der Waals surface area (Å²) in [5.74, 6) is 0.0556. The molecule has 3 heterocycles. The molecule has 13 nitrogen and oxygen atoms in total. The van der Waals surface area contributed by atoms with E-state index in [1.54, 1.807) is 41.2 Å². The van der Waals surface area contributed by atoms with Crippen LogP contribution in [0.2, 0.25) is 0 Å². The molecule has 48 heavy (non-hydrogen) atoms. The zero-order valence-electron chi connectivity index (χ0n) is 25.5. The molecule has 0 amide bonds. The van der Waals surface area contributed by atoms with Gasteiger partial charge in [0.05, 0.1) is 22.5 Å². The lowest BCUT2D eigenvalue weighted by atomic mass is 10.0. The second-order valence-corrected chi connectivity index (χ2v) is 13.8. The number of rotatable bonds is 16. The van der Waals surface area contributed by atoms with Crippen LogP contribution in [0.5, 0.6) is 11.5 Å². The molecule has 6 aromatic rings. The highest BCUT2D eigenvalue weighted by atomic mass is 32.2. The Morgan fingerprint density at radius 2 is 1.88 bits per heavy atom. The van der Waals surface area contributed by atoms with Gasteiger partial charge in [-0.2, -0.15) is 0 Å². The molecule has 0 aliphatic carbocycles. The van der Waals surface area contributed by atoms with Gasteiger partial charge in [-0.15, -0.1) is 16.4 Å². The Bertz CT molecular complexity index is 2130. The van der Waals surface area contributed by atoms with Gasteiger partial charge in [0.15, 0.2) is 0 Å². The first kappa shape index (κ1) is 33.0. The van der Waals surface area contributed by atoms with E-state index < -0.39 is 28.7 Å². The molecule has 0 fully saturated rings. The average molecular weight is 694 g/mol. The number of aliphatic carboxylic acids is 1. The predicted molar refractivity (Wildman–Crippen MR) is 177 cm³/mol. The van der Waals surface area contributed by atoms with Crippen LogP contribution in [0.4, 0.5) is 4.39 Å². The van der Waals surface area contributed by atoms with Crippen LogP contribution in [0.3, 0.4) is 0 Å². The predicted octanol–water partition coefficient (Wildman–Crippen LogP) is 4.01. The highest BCUT2D eigenvalue weighted by Gasteiger charge is 2.23. The molecule has 3 aromatic heterocycles. The van der Waals surface area contributed by atoms with Gasteiger partial charge in [-0.1, -0.05) is 35.5 Å². The maximum Gasteiger partial charge on any atom is 0.321 e. The van der Waals surface area contributed by atoms with Gasteiger partial charge in [0.1, 0.15) is 43.1 Å². The van der Waals surface area contributed by atoms with Gasteiger partial charge in [-0.25, -0.2) is 27.6 Å². The van der Waals surface area contributed by atoms with E-state index in [0.29, 0.717) is 33.8 Å². The Morgan fingerprint density at radius 3 is 2.65 bits per heavy atom. The summed E-state index contributed by atoms with van der Waals surface area (Å²) >= 11 is 0.953. The summed E-state index contributed by atoms with van der Waals surface area (Å²) in [6.07, 6.45) is 4.33. The van der Waals surface area contributed by atoms with Crippen LogP contribution in [0.25, 0.3) is 21.1 Å². The van der Waals surface area contributed by atoms with Crippen molar-refractivity contribution in [3.05, 3.63) is 95.9 Å². The van der Waals surface area contributed by atoms with Gasteiger partial charge in [-0.3, -0.25) is 4.79 Å². The fourth-order valence-electron chi connectivity index (χ4n) is 5.27. The van der Waals surface area contributed by atoms with Gasteiger partial charge in [0.2, 0.25) is 4.34 Å². The number of nitrogens with zero attached hydrogens (tertiary/aromatic N) is 4. The number of hydrogen-bond acceptors (Lipinski definition) is 10. The number of nitrogens with two attached hydrogens (primary N) is 1. The number of carbonyl (C=O) groups is 1. The number of aromatic nitrogens is 5. The number of para-hydroxylation sites is 1. The standard InChI is InChI=1S/C32H32FN7O6S2/c33-11-12-45-24-7-5-20(6-8-24)13-23(17-36-29(31(41)42)14-21-16-35-27-4-2-1-3-26(21)27)40-18-22(38-39-40)19-46-25-9-10-28-30(15-25)47-32(37-28)48(34,43)44/h1-10,15-16,18,23,29,35-36H,11-14,17,19H2,(H,41,42)(H2,34,43,44)/t23-,29-/m0/s1. The van der Waals surface area contributed by atoms with Gasteiger partial charge in [0, 0.05) is 30.1 Å². The van der Waals surface area contributed by atoms with Gasteiger partial charge < -0.3 is 24.9 Å². The molecule has 0 radical (unpaired) electrons. The van der Waals surface area contributed by atoms with Crippen molar-refractivity contribution in [3.8, 4) is 11.5 Å². The second-order valence-electron chi connectivity index (χ2n) is 11.0. The van der Waals surface area contributed by atoms with Crippen LogP contribution < -0.4 is 19.9 Å². The van der Waals surface area contributed by atoms with Gasteiger partial charge >= 0.3 is 5.97 Å². The smallest absolute Gasteiger partial charge is 0.321 e. The van der Waals surface area contributed by atoms with Crippen LogP contribution in [-0.2, 0) is 34.3 Å². The number of thiazole rings is 1. The number of halogens is 1. The van der Waals surface area contributed by atoms with Crippen LogP contribution >= 0.6 is 11.3 Å². The van der Waals surface area contributed by atoms with E-state index in [2.05, 4.69) is 25.6 Å². The third-order valence-electron chi connectivity index (χ3n) is 7.64. The molecule has 16 heteroatoms. The number of sulfonamides is 1. The van der Waals surface area contributed by atoms with E-state index in [4.69, 9.17) is 14.6 Å². The van der Waals surface area contributed by atoms with Crippen molar-refractivity contribution in [3.63, 3.8) is 0 Å². The molecule has 0 aliphatic heterocycles. The van der Waals surface area contributed by atoms with E-state index in [1.807, 2.05) is 42.6 Å². The van der Waals surface area contributed by atoms with E-state index in [-0.39, 0.29) is 36.6 Å². The zero-order valence-corrected chi connectivity index (χ0v) is 27.1. The molecule has 250 valence electrons. The minimum atomic E-state index is -3.92. The normalized spacial score (nSPS) is 13.1. The summed E-state index contributed by atoms with van der Waals surface area (Å²) < 4.78 is 49.3. The van der Waals surface area contributed by atoms with Crippen molar-refractivity contribution in [1.82, 2.24) is 30.3 Å². The largest absolute Gasteiger partial charge is 0.491 e. The Hall–Kier alpha value is -4.90. The molecule has 0 saturated heterocycles. The van der Waals surface area contributed by atoms with Crippen LogP contribution in [0.1, 0.15) is 22.9 Å². The summed E-state index contributed by atoms with van der Waals surface area (Å²) in [6.45, 7) is -0.281. The number of carboxylic acid groups (broad SMARTS) is 1. The average Bonchev–Trinajstić information content (AvgIpc) is 3.83. The number of ether oxygens (including phenoxy) is 2. The number of aromatic amines is 1. The van der Waals surface area contributed by atoms with Crippen molar-refractivity contribution >= 4 is 48.4 Å². The van der Waals surface area contributed by atoms with Crippen molar-refractivity contribution in [2.24, 2.45) is 5.14 Å². The summed E-state index contributed by atoms with van der Waals surface area (Å²) in [7, 11) is -3.92. The maximum atomic E-state index is 12.5. The molecular formula is C32H32FN7O6S2. The molecule has 5 N–H and O–H groups in total. The first-order valence-corrected chi connectivity index (χ1v) is 17.3. The van der Waals surface area contributed by atoms with Crippen LogP contribution in [-0.4, -0.2) is 70.3 Å². The lowest BCUT2D eigenvalue weighted by molar-refractivity contribution is -0.139. The Labute approximate surface area is 278 Å². The summed E-state index contributed by atoms with van der Waals surface area (Å²) in [4.78, 5) is 19.6. The molecule has 2 atom stereocenters. The first-order valence-electron chi connectivity index (χ1n) is 14.9. The zero-order chi connectivity index (χ0) is 33.7. The minimum Gasteiger partial charge on any atom is -0.491 e. The minimum absolute atomic E-state index is 0.0303. The monoisotopic (exact) mass is 693 g/mol. The quantitative estimate of drug-likeness (QED) is 0.115. The van der Waals surface area contributed by atoms with Gasteiger partial charge in [-0.05, 0) is 53.9 Å². The van der Waals surface area contributed by atoms with Gasteiger partial charge in [0.25, 0.3) is 10.0 Å². The highest BCUT2D eigenvalue weighted by Crippen LogP contribution is 2.29. The van der Waals surface area contributed by atoms with E-state index >= 15 is 0 Å². The first-order chi connectivity index (χ1) is 23.2. The second kappa shape index (κ2) is 14.5. The summed E-state index contributed by atoms with van der Waals surface area (Å²) in [5, 5.41) is 28.1. The SMILES string of the molecule is NS(=O)(=O)c1nc2ccc(OCc3cn([C@H](CN[C@@H](Cc4c[nH]c5ccccc45)C(=O)O)Cc4ccc(OCCF)cc4)nn3)cc2s1. The topological polar surface area (TPSA) is 187 Å². The number of alkyl halides is 1. The Kier molecular flexibility index (Phi) is 9.95. The third kappa shape index (κ3) is 7.96. The lowest BCUT2D eigenvalue weighted by Gasteiger charge is -2.21. The number of hydrogen-bond donors (Lipinski definition) is 4. The molecule has 0 aliphatic rings. The fraction of sp³-hybridized carbons (Fsp3) is 0.250. The highest BCUT2D eigenvalue weighted by molar-refractivity contribution is 7.91. The number of primary sulfonamides is 1. The molecular weight excluding hydrogens is 662 g/mol. The lowest BCUT2D eigenvalue weighted by Crippen LogP contribution is -2.42. The summed E-state index contributed by atoms with van der Waals surface area (Å²) in [5.41, 5.74) is 3.78. The number of nitrogens with one attached hydrogen (secondary N) is 2. The molecule has 0 bridgehead atoms. The van der Waals surface area contributed by atoms with E-state index in [0.717, 1.165) is 33.4 Å². The van der Waals surface area contributed by atoms with Crippen LogP contribution in [0, 0.1) is 0 Å². The van der Waals surface area contributed by atoms with Crippen molar-refractivity contribution < 1.29 is 32.2 Å². The molecule has 6 rings (SSSR count). The van der Waals surface area contributed by atoms with Crippen molar-refractivity contribution in [1.29, 1.82) is 0 Å². The maximum absolute atomic E-state index is 12.5. The van der Waals surface area contributed by atoms with E-state index in [9.17, 15) is 22.7 Å². The van der Waals surface area contributed by atoms with Crippen molar-refractivity contribution in [2.75, 3.05) is 19.8 Å². The number of carboxylic acids is 1. The van der Waals surface area contributed by atoms with Crippen molar-refractivity contribution in [2.45, 2.75) is 35.9 Å².